The summed E-state index contributed by atoms with van der Waals surface area (Å²) in [4.78, 5) is 4.66. The number of sulfone groups is 1. The Bertz CT molecular complexity index is 885. The number of fused-ring (bicyclic) bond motifs is 1. The number of ether oxygens (including phenoxy) is 1. The van der Waals surface area contributed by atoms with Gasteiger partial charge in [0.25, 0.3) is 0 Å². The molecule has 0 bridgehead atoms. The predicted molar refractivity (Wildman–Crippen MR) is 107 cm³/mol. The van der Waals surface area contributed by atoms with Crippen LogP contribution in [-0.2, 0) is 16.4 Å². The number of hydrogen-bond acceptors (Lipinski definition) is 5. The number of hydrogen-bond donors (Lipinski definition) is 0. The first-order valence-corrected chi connectivity index (χ1v) is 11.4. The Morgan fingerprint density at radius 1 is 0.926 bits per heavy atom. The monoisotopic (exact) mass is 386 g/mol. The molecule has 27 heavy (non-hydrogen) atoms. The average Bonchev–Trinajstić information content (AvgIpc) is 2.99. The van der Waals surface area contributed by atoms with E-state index in [1.165, 1.54) is 0 Å². The molecule has 0 saturated carbocycles. The van der Waals surface area contributed by atoms with Gasteiger partial charge in [-0.15, -0.1) is 0 Å². The fourth-order valence-electron chi connectivity index (χ4n) is 4.25. The van der Waals surface area contributed by atoms with Gasteiger partial charge in [0.2, 0.25) is 0 Å². The highest BCUT2D eigenvalue weighted by molar-refractivity contribution is 7.91. The van der Waals surface area contributed by atoms with Crippen LogP contribution >= 0.6 is 0 Å². The summed E-state index contributed by atoms with van der Waals surface area (Å²) in [7, 11) is -2.95. The van der Waals surface area contributed by atoms with Crippen LogP contribution in [0.25, 0.3) is 0 Å². The van der Waals surface area contributed by atoms with Gasteiger partial charge in [0.05, 0.1) is 11.5 Å². The van der Waals surface area contributed by atoms with Crippen molar-refractivity contribution in [1.82, 2.24) is 9.80 Å². The van der Waals surface area contributed by atoms with Gasteiger partial charge in [0, 0.05) is 31.7 Å². The number of nitrogens with zero attached hydrogens (tertiary/aromatic N) is 2. The SMILES string of the molecule is CCN1CCN(Cc2cccc(Oc3ccccc3)c2)[C@@H]2CS(=O)(=O)C[C@@H]21. The third-order valence-electron chi connectivity index (χ3n) is 5.58. The summed E-state index contributed by atoms with van der Waals surface area (Å²) in [6, 6.07) is 18.0. The summed E-state index contributed by atoms with van der Waals surface area (Å²) in [6.45, 7) is 5.59. The summed E-state index contributed by atoms with van der Waals surface area (Å²) in [5.74, 6) is 2.18. The second kappa shape index (κ2) is 7.62. The molecule has 2 aliphatic heterocycles. The molecule has 2 fully saturated rings. The lowest BCUT2D eigenvalue weighted by Gasteiger charge is -2.43. The molecule has 144 valence electrons. The Morgan fingerprint density at radius 2 is 1.59 bits per heavy atom. The predicted octanol–water partition coefficient (Wildman–Crippen LogP) is 2.78. The maximum Gasteiger partial charge on any atom is 0.153 e. The zero-order valence-corrected chi connectivity index (χ0v) is 16.4. The molecule has 0 aromatic heterocycles. The molecule has 2 heterocycles. The van der Waals surface area contributed by atoms with Gasteiger partial charge in [-0.1, -0.05) is 37.3 Å². The van der Waals surface area contributed by atoms with E-state index in [-0.39, 0.29) is 17.8 Å². The minimum atomic E-state index is -2.95. The molecule has 2 aliphatic rings. The number of likely N-dealkylation sites (N-methyl/N-ethyl adjacent to an activating group) is 1. The molecule has 6 heteroatoms. The molecule has 0 spiro atoms. The van der Waals surface area contributed by atoms with Crippen LogP contribution in [0.1, 0.15) is 12.5 Å². The Morgan fingerprint density at radius 3 is 2.33 bits per heavy atom. The van der Waals surface area contributed by atoms with Crippen molar-refractivity contribution in [3.05, 3.63) is 60.2 Å². The third-order valence-corrected chi connectivity index (χ3v) is 7.27. The highest BCUT2D eigenvalue weighted by Crippen LogP contribution is 2.29. The lowest BCUT2D eigenvalue weighted by Crippen LogP contribution is -2.58. The van der Waals surface area contributed by atoms with Crippen molar-refractivity contribution in [2.45, 2.75) is 25.6 Å². The fraction of sp³-hybridized carbons (Fsp3) is 0.429. The normalized spacial score (nSPS) is 25.2. The molecule has 2 saturated heterocycles. The molecular formula is C21H26N2O3S. The topological polar surface area (TPSA) is 49.9 Å². The quantitative estimate of drug-likeness (QED) is 0.791. The number of para-hydroxylation sites is 1. The highest BCUT2D eigenvalue weighted by Gasteiger charge is 2.45. The Balaban J connectivity index is 1.49. The third kappa shape index (κ3) is 4.18. The van der Waals surface area contributed by atoms with Gasteiger partial charge in [-0.05, 0) is 36.4 Å². The molecular weight excluding hydrogens is 360 g/mol. The Labute approximate surface area is 161 Å². The first-order chi connectivity index (χ1) is 13.0. The standard InChI is InChI=1S/C21H26N2O3S/c1-2-22-11-12-23(21-16-27(24,25)15-20(21)22)14-17-7-6-10-19(13-17)26-18-8-4-3-5-9-18/h3-10,13,20-21H,2,11-12,14-16H2,1H3/t20-,21+/m0/s1. The van der Waals surface area contributed by atoms with Crippen LogP contribution in [0.2, 0.25) is 0 Å². The van der Waals surface area contributed by atoms with Crippen molar-refractivity contribution in [3.8, 4) is 11.5 Å². The Kier molecular flexibility index (Phi) is 5.21. The van der Waals surface area contributed by atoms with Crippen molar-refractivity contribution < 1.29 is 13.2 Å². The van der Waals surface area contributed by atoms with E-state index in [1.807, 2.05) is 42.5 Å². The lowest BCUT2D eigenvalue weighted by molar-refractivity contribution is 0.0439. The van der Waals surface area contributed by atoms with Gasteiger partial charge in [-0.3, -0.25) is 9.80 Å². The first-order valence-electron chi connectivity index (χ1n) is 9.54. The van der Waals surface area contributed by atoms with E-state index in [2.05, 4.69) is 28.9 Å². The van der Waals surface area contributed by atoms with Gasteiger partial charge in [-0.2, -0.15) is 0 Å². The van der Waals surface area contributed by atoms with E-state index in [0.717, 1.165) is 43.2 Å². The largest absolute Gasteiger partial charge is 0.457 e. The van der Waals surface area contributed by atoms with Gasteiger partial charge in [-0.25, -0.2) is 8.42 Å². The van der Waals surface area contributed by atoms with Gasteiger partial charge in [0.1, 0.15) is 11.5 Å². The molecule has 0 amide bonds. The second-order valence-corrected chi connectivity index (χ2v) is 9.53. The van der Waals surface area contributed by atoms with Gasteiger partial charge >= 0.3 is 0 Å². The summed E-state index contributed by atoms with van der Waals surface area (Å²) >= 11 is 0. The van der Waals surface area contributed by atoms with E-state index in [9.17, 15) is 8.42 Å². The Hall–Kier alpha value is -1.89. The molecule has 0 aliphatic carbocycles. The number of piperazine rings is 1. The van der Waals surface area contributed by atoms with E-state index >= 15 is 0 Å². The average molecular weight is 387 g/mol. The molecule has 2 aromatic carbocycles. The summed E-state index contributed by atoms with van der Waals surface area (Å²) in [5, 5.41) is 0. The van der Waals surface area contributed by atoms with Crippen molar-refractivity contribution in [3.63, 3.8) is 0 Å². The first kappa shape index (κ1) is 18.5. The fourth-order valence-corrected chi connectivity index (χ4v) is 6.29. The van der Waals surface area contributed by atoms with Crippen LogP contribution in [0.3, 0.4) is 0 Å². The molecule has 0 radical (unpaired) electrons. The van der Waals surface area contributed by atoms with Crippen LogP contribution in [0.5, 0.6) is 11.5 Å². The maximum atomic E-state index is 12.2. The van der Waals surface area contributed by atoms with E-state index < -0.39 is 9.84 Å². The highest BCUT2D eigenvalue weighted by atomic mass is 32.2. The van der Waals surface area contributed by atoms with Gasteiger partial charge < -0.3 is 4.74 Å². The van der Waals surface area contributed by atoms with Crippen molar-refractivity contribution in [1.29, 1.82) is 0 Å². The number of benzene rings is 2. The molecule has 0 unspecified atom stereocenters. The minimum Gasteiger partial charge on any atom is -0.457 e. The molecule has 2 atom stereocenters. The van der Waals surface area contributed by atoms with Crippen molar-refractivity contribution in [2.24, 2.45) is 0 Å². The summed E-state index contributed by atoms with van der Waals surface area (Å²) in [6.07, 6.45) is 0. The van der Waals surface area contributed by atoms with E-state index in [0.29, 0.717) is 5.75 Å². The van der Waals surface area contributed by atoms with E-state index in [4.69, 9.17) is 4.74 Å². The van der Waals surface area contributed by atoms with Crippen molar-refractivity contribution >= 4 is 9.84 Å². The van der Waals surface area contributed by atoms with Crippen LogP contribution < -0.4 is 4.74 Å². The summed E-state index contributed by atoms with van der Waals surface area (Å²) < 4.78 is 30.4. The van der Waals surface area contributed by atoms with Crippen LogP contribution in [0.4, 0.5) is 0 Å². The number of rotatable bonds is 5. The lowest BCUT2D eigenvalue weighted by atomic mass is 10.0. The van der Waals surface area contributed by atoms with Crippen molar-refractivity contribution in [2.75, 3.05) is 31.1 Å². The molecule has 4 rings (SSSR count). The maximum absolute atomic E-state index is 12.2. The molecule has 5 nitrogen and oxygen atoms in total. The zero-order valence-electron chi connectivity index (χ0n) is 15.6. The summed E-state index contributed by atoms with van der Waals surface area (Å²) in [5.41, 5.74) is 1.15. The molecule has 2 aromatic rings. The van der Waals surface area contributed by atoms with Crippen LogP contribution in [0.15, 0.2) is 54.6 Å². The van der Waals surface area contributed by atoms with Gasteiger partial charge in [0.15, 0.2) is 9.84 Å². The van der Waals surface area contributed by atoms with Crippen LogP contribution in [0, 0.1) is 0 Å². The second-order valence-electron chi connectivity index (χ2n) is 7.37. The molecule has 0 N–H and O–H groups in total. The van der Waals surface area contributed by atoms with Crippen LogP contribution in [-0.4, -0.2) is 61.4 Å². The minimum absolute atomic E-state index is 0.0856. The zero-order chi connectivity index (χ0) is 18.9. The smallest absolute Gasteiger partial charge is 0.153 e. The van der Waals surface area contributed by atoms with E-state index in [1.54, 1.807) is 0 Å².